The van der Waals surface area contributed by atoms with Crippen LogP contribution in [0.1, 0.15) is 104 Å². The second kappa shape index (κ2) is 35.3. The maximum absolute atomic E-state index is 14.3. The molecule has 472 valence electrons. The Kier molecular flexibility index (Phi) is 29.3. The Morgan fingerprint density at radius 2 is 0.953 bits per heavy atom. The number of aromatic nitrogens is 1. The predicted octanol–water partition coefficient (Wildman–Crippen LogP) is -1.34. The number of carbonyl (C=O) groups is 13. The molecule has 0 spiro atoms. The Morgan fingerprint density at radius 1 is 0.488 bits per heavy atom. The summed E-state index contributed by atoms with van der Waals surface area (Å²) in [5, 5.41) is 60.8. The summed E-state index contributed by atoms with van der Waals surface area (Å²) in [6.45, 7) is 9.40. The summed E-state index contributed by atoms with van der Waals surface area (Å²) in [7, 11) is 0. The van der Waals surface area contributed by atoms with Gasteiger partial charge in [0.1, 0.15) is 48.3 Å². The molecule has 0 saturated heterocycles. The van der Waals surface area contributed by atoms with E-state index in [-0.39, 0.29) is 56.9 Å². The second-order valence-electron chi connectivity index (χ2n) is 22.0. The number of para-hydroxylation sites is 1. The van der Waals surface area contributed by atoms with E-state index in [1.54, 1.807) is 88.5 Å². The molecular weight excluding hydrogens is 1120 g/mol. The minimum Gasteiger partial charge on any atom is -0.481 e. The van der Waals surface area contributed by atoms with E-state index in [2.05, 4.69) is 52.8 Å². The number of H-pyrrole nitrogens is 1. The van der Waals surface area contributed by atoms with Gasteiger partial charge in [-0.3, -0.25) is 57.5 Å². The monoisotopic (exact) mass is 1210 g/mol. The summed E-state index contributed by atoms with van der Waals surface area (Å²) >= 11 is 0. The van der Waals surface area contributed by atoms with E-state index >= 15 is 0 Å². The second-order valence-corrected chi connectivity index (χ2v) is 22.0. The molecule has 29 heteroatoms. The molecular formula is C57H82N12O17. The number of aromatic amines is 1. The van der Waals surface area contributed by atoms with Crippen LogP contribution in [0.4, 0.5) is 0 Å². The van der Waals surface area contributed by atoms with Crippen molar-refractivity contribution >= 4 is 87.9 Å². The number of carboxylic acid groups (broad SMARTS) is 4. The maximum Gasteiger partial charge on any atom is 0.326 e. The highest BCUT2D eigenvalue weighted by Crippen LogP contribution is 2.20. The van der Waals surface area contributed by atoms with Crippen molar-refractivity contribution < 1.29 is 82.8 Å². The van der Waals surface area contributed by atoms with Crippen LogP contribution in [0.3, 0.4) is 0 Å². The van der Waals surface area contributed by atoms with Gasteiger partial charge in [-0.05, 0) is 73.6 Å². The Bertz CT molecular complexity index is 2860. The third-order valence-electron chi connectivity index (χ3n) is 13.3. The van der Waals surface area contributed by atoms with Gasteiger partial charge >= 0.3 is 23.9 Å². The Balaban J connectivity index is 1.82. The van der Waals surface area contributed by atoms with Crippen molar-refractivity contribution in [1.82, 2.24) is 52.8 Å². The topological polar surface area (TPSA) is 479 Å². The lowest BCUT2D eigenvalue weighted by atomic mass is 9.98. The van der Waals surface area contributed by atoms with E-state index in [4.69, 9.17) is 11.5 Å². The van der Waals surface area contributed by atoms with Gasteiger partial charge in [0.15, 0.2) is 0 Å². The van der Waals surface area contributed by atoms with Crippen molar-refractivity contribution in [3.8, 4) is 0 Å². The molecule has 0 unspecified atom stereocenters. The molecule has 18 N–H and O–H groups in total. The summed E-state index contributed by atoms with van der Waals surface area (Å²) in [4.78, 5) is 174. The van der Waals surface area contributed by atoms with Gasteiger partial charge in [-0.15, -0.1) is 0 Å². The van der Waals surface area contributed by atoms with Crippen molar-refractivity contribution in [2.24, 2.45) is 29.2 Å². The summed E-state index contributed by atoms with van der Waals surface area (Å²) in [5.41, 5.74) is 13.3. The number of carbonyl (C=O) groups excluding carboxylic acids is 9. The molecule has 2 aromatic carbocycles. The lowest BCUT2D eigenvalue weighted by molar-refractivity contribution is -0.147. The molecule has 0 bridgehead atoms. The lowest BCUT2D eigenvalue weighted by Gasteiger charge is -2.29. The molecule has 1 aromatic heterocycles. The minimum absolute atomic E-state index is 0.0224. The summed E-state index contributed by atoms with van der Waals surface area (Å²) in [6, 6.07) is 1.61. The molecule has 0 aliphatic carbocycles. The molecule has 1 heterocycles. The normalized spacial score (nSPS) is 14.4. The van der Waals surface area contributed by atoms with E-state index in [9.17, 15) is 82.8 Å². The average molecular weight is 1210 g/mol. The predicted molar refractivity (Wildman–Crippen MR) is 310 cm³/mol. The first-order chi connectivity index (χ1) is 40.5. The number of hydrogen-bond donors (Lipinski definition) is 16. The fraction of sp³-hybridized carbons (Fsp3) is 0.526. The summed E-state index contributed by atoms with van der Waals surface area (Å²) in [6.07, 6.45) is -0.864. The fourth-order valence-corrected chi connectivity index (χ4v) is 8.95. The van der Waals surface area contributed by atoms with Gasteiger partial charge in [0, 0.05) is 29.9 Å². The van der Waals surface area contributed by atoms with Gasteiger partial charge < -0.3 is 84.7 Å². The quantitative estimate of drug-likeness (QED) is 0.0295. The first-order valence-corrected chi connectivity index (χ1v) is 28.1. The van der Waals surface area contributed by atoms with Crippen LogP contribution in [0.5, 0.6) is 0 Å². The van der Waals surface area contributed by atoms with Crippen molar-refractivity contribution in [1.29, 1.82) is 0 Å². The molecule has 0 aliphatic heterocycles. The number of nitrogens with one attached hydrogen (secondary N) is 10. The summed E-state index contributed by atoms with van der Waals surface area (Å²) in [5.74, 6) is -16.0. The molecule has 9 atom stereocenters. The van der Waals surface area contributed by atoms with Gasteiger partial charge in [-0.1, -0.05) is 90.1 Å². The Labute approximate surface area is 496 Å². The SMILES string of the molecule is CC(C)C[C@H](NC(=O)[C@H](CC(C)C)NC(=O)[C@H](CC(=O)O)NC(=O)[C@@H](NC(=O)CNC(=O)[C@H](Cc1c[nH]c2ccccc12)NC(=O)[C@@H](N)CC(=O)O)C(C)C)C(=O)N[C@@H](CCCCN)C(=O)N[C@@H](Cc1ccccc1)C(=O)N[C@@H](CC(=O)O)C(=O)O. The third kappa shape index (κ3) is 24.7. The number of carboxylic acids is 4. The van der Waals surface area contributed by atoms with Crippen molar-refractivity contribution in [2.45, 2.75) is 160 Å². The Morgan fingerprint density at radius 3 is 1.50 bits per heavy atom. The zero-order valence-corrected chi connectivity index (χ0v) is 48.9. The van der Waals surface area contributed by atoms with Crippen molar-refractivity contribution in [3.05, 3.63) is 71.9 Å². The Hall–Kier alpha value is -8.99. The van der Waals surface area contributed by atoms with E-state index in [0.717, 1.165) is 0 Å². The first kappa shape index (κ1) is 71.3. The third-order valence-corrected chi connectivity index (χ3v) is 13.3. The highest BCUT2D eigenvalue weighted by Gasteiger charge is 2.37. The summed E-state index contributed by atoms with van der Waals surface area (Å²) < 4.78 is 0. The zero-order chi connectivity index (χ0) is 64.4. The fourth-order valence-electron chi connectivity index (χ4n) is 8.95. The molecule has 0 saturated carbocycles. The molecule has 0 aliphatic rings. The molecule has 86 heavy (non-hydrogen) atoms. The van der Waals surface area contributed by atoms with Crippen LogP contribution >= 0.6 is 0 Å². The number of benzene rings is 2. The zero-order valence-electron chi connectivity index (χ0n) is 48.9. The standard InChI is InChI=1S/C57H82N12O17/c1-29(2)20-38(52(80)62-37(18-12-13-19-58)51(79)66-40(22-32-14-8-7-9-15-32)54(82)68-43(57(85)86)26-47(75)76)64-53(81)39(21-30(3)4)65-55(83)42(25-46(73)74)67-56(84)48(31(5)6)69-44(70)28-61-50(78)41(63-49(77)35(59)24-45(71)72)23-33-27-60-36-17-11-10-16-34(33)36/h7-11,14-17,27,29-31,35,37-43,48,60H,12-13,18-26,28,58-59H2,1-6H3,(H,61,78)(H,62,80)(H,63,77)(H,64,81)(H,65,83)(H,66,79)(H,67,84)(H,68,82)(H,69,70)(H,71,72)(H,73,74)(H,75,76)(H,85,86)/t35-,37-,38-,39-,40-,41-,42-,43-,48-/m0/s1. The number of fused-ring (bicyclic) bond motifs is 1. The smallest absolute Gasteiger partial charge is 0.326 e. The van der Waals surface area contributed by atoms with Crippen LogP contribution in [0.15, 0.2) is 60.8 Å². The maximum atomic E-state index is 14.3. The van der Waals surface area contributed by atoms with Crippen molar-refractivity contribution in [2.75, 3.05) is 13.1 Å². The number of hydrogen-bond acceptors (Lipinski definition) is 15. The number of amides is 9. The molecule has 0 radical (unpaired) electrons. The van der Waals surface area contributed by atoms with Gasteiger partial charge in [0.25, 0.3) is 0 Å². The first-order valence-electron chi connectivity index (χ1n) is 28.1. The molecule has 3 aromatic rings. The highest BCUT2D eigenvalue weighted by molar-refractivity contribution is 5.99. The van der Waals surface area contributed by atoms with Gasteiger partial charge in [0.2, 0.25) is 53.2 Å². The van der Waals surface area contributed by atoms with E-state index in [1.165, 1.54) is 13.8 Å². The molecule has 9 amide bonds. The lowest BCUT2D eigenvalue weighted by Crippen LogP contribution is -2.61. The molecule has 29 nitrogen and oxygen atoms in total. The molecule has 3 rings (SSSR count). The van der Waals surface area contributed by atoms with Gasteiger partial charge in [-0.25, -0.2) is 4.79 Å². The molecule has 0 fully saturated rings. The van der Waals surface area contributed by atoms with Crippen LogP contribution < -0.4 is 59.3 Å². The van der Waals surface area contributed by atoms with Crippen LogP contribution in [-0.4, -0.2) is 170 Å². The van der Waals surface area contributed by atoms with Crippen LogP contribution in [0.2, 0.25) is 0 Å². The van der Waals surface area contributed by atoms with Gasteiger partial charge in [0.05, 0.1) is 31.8 Å². The van der Waals surface area contributed by atoms with Crippen LogP contribution in [0.25, 0.3) is 10.9 Å². The van der Waals surface area contributed by atoms with E-state index in [0.29, 0.717) is 28.5 Å². The van der Waals surface area contributed by atoms with E-state index in [1.807, 2.05) is 0 Å². The largest absolute Gasteiger partial charge is 0.481 e. The van der Waals surface area contributed by atoms with Gasteiger partial charge in [-0.2, -0.15) is 0 Å². The average Bonchev–Trinajstić information content (AvgIpc) is 2.38. The number of nitrogens with two attached hydrogens (primary N) is 2. The highest BCUT2D eigenvalue weighted by atomic mass is 16.4. The van der Waals surface area contributed by atoms with Crippen molar-refractivity contribution in [3.63, 3.8) is 0 Å². The number of rotatable bonds is 38. The minimum atomic E-state index is -1.86. The number of aliphatic carboxylic acids is 4. The van der Waals surface area contributed by atoms with Crippen LogP contribution in [0, 0.1) is 17.8 Å². The van der Waals surface area contributed by atoms with E-state index < -0.39 is 163 Å². The number of unbranched alkanes of at least 4 members (excludes halogenated alkanes) is 1. The van der Waals surface area contributed by atoms with Crippen LogP contribution in [-0.2, 0) is 75.2 Å².